The number of nitrogens with one attached hydrogen (secondary N) is 1. The van der Waals surface area contributed by atoms with E-state index in [2.05, 4.69) is 11.4 Å². The monoisotopic (exact) mass is 341 g/mol. The molecular formula is C18H25F2NO3. The third kappa shape index (κ3) is 4.90. The third-order valence-electron chi connectivity index (χ3n) is 4.36. The predicted octanol–water partition coefficient (Wildman–Crippen LogP) is 3.37. The van der Waals surface area contributed by atoms with Gasteiger partial charge in [0.2, 0.25) is 5.91 Å². The average molecular weight is 341 g/mol. The zero-order valence-corrected chi connectivity index (χ0v) is 14.4. The fourth-order valence-corrected chi connectivity index (χ4v) is 2.75. The highest BCUT2D eigenvalue weighted by molar-refractivity contribution is 5.82. The van der Waals surface area contributed by atoms with E-state index in [-0.39, 0.29) is 18.6 Å². The molecule has 24 heavy (non-hydrogen) atoms. The van der Waals surface area contributed by atoms with Gasteiger partial charge >= 0.3 is 0 Å². The minimum absolute atomic E-state index is 0.0186. The van der Waals surface area contributed by atoms with Crippen LogP contribution in [0.5, 0.6) is 5.75 Å². The summed E-state index contributed by atoms with van der Waals surface area (Å²) in [5.41, 5.74) is 0.384. The van der Waals surface area contributed by atoms with Crippen molar-refractivity contribution in [1.29, 1.82) is 0 Å². The standard InChI is InChI=1S/C18H25F2NO3/c1-18(2,11-24-10-16(19)20)17(22)21-14-7-13(8-14)12-5-4-6-15(9-12)23-3/h4-6,9,13-14,16H,7-8,10-11H2,1-3H3,(H,21,22). The number of ether oxygens (including phenoxy) is 2. The Morgan fingerprint density at radius 1 is 1.38 bits per heavy atom. The van der Waals surface area contributed by atoms with Crippen molar-refractivity contribution in [2.75, 3.05) is 20.3 Å². The number of benzene rings is 1. The molecule has 0 aliphatic heterocycles. The molecule has 0 spiro atoms. The van der Waals surface area contributed by atoms with Crippen LogP contribution in [0.15, 0.2) is 24.3 Å². The Bertz CT molecular complexity index is 557. The smallest absolute Gasteiger partial charge is 0.261 e. The van der Waals surface area contributed by atoms with Crippen molar-refractivity contribution >= 4 is 5.91 Å². The minimum Gasteiger partial charge on any atom is -0.497 e. The van der Waals surface area contributed by atoms with Gasteiger partial charge in [0.1, 0.15) is 12.4 Å². The van der Waals surface area contributed by atoms with Gasteiger partial charge in [-0.05, 0) is 50.3 Å². The lowest BCUT2D eigenvalue weighted by atomic mass is 9.75. The summed E-state index contributed by atoms with van der Waals surface area (Å²) < 4.78 is 34.3. The van der Waals surface area contributed by atoms with Crippen LogP contribution in [0.1, 0.15) is 38.2 Å². The molecule has 0 saturated heterocycles. The van der Waals surface area contributed by atoms with Crippen LogP contribution in [0.3, 0.4) is 0 Å². The van der Waals surface area contributed by atoms with Crippen molar-refractivity contribution in [2.24, 2.45) is 5.41 Å². The molecule has 1 N–H and O–H groups in total. The first-order chi connectivity index (χ1) is 11.3. The van der Waals surface area contributed by atoms with Gasteiger partial charge in [-0.3, -0.25) is 4.79 Å². The Balaban J connectivity index is 1.78. The van der Waals surface area contributed by atoms with Crippen LogP contribution < -0.4 is 10.1 Å². The van der Waals surface area contributed by atoms with Crippen molar-refractivity contribution in [3.8, 4) is 5.75 Å². The van der Waals surface area contributed by atoms with E-state index in [0.717, 1.165) is 18.6 Å². The van der Waals surface area contributed by atoms with Crippen LogP contribution in [0.25, 0.3) is 0 Å². The number of methoxy groups -OCH3 is 1. The maximum Gasteiger partial charge on any atom is 0.261 e. The first kappa shape index (κ1) is 18.6. The molecule has 1 aliphatic carbocycles. The molecule has 0 unspecified atom stereocenters. The average Bonchev–Trinajstić information content (AvgIpc) is 2.49. The molecule has 4 nitrogen and oxygen atoms in total. The van der Waals surface area contributed by atoms with Crippen LogP contribution in [0.4, 0.5) is 8.78 Å². The largest absolute Gasteiger partial charge is 0.497 e. The number of amides is 1. The molecule has 2 rings (SSSR count). The number of alkyl halides is 2. The van der Waals surface area contributed by atoms with Gasteiger partial charge in [0, 0.05) is 6.04 Å². The van der Waals surface area contributed by atoms with Gasteiger partial charge in [0.25, 0.3) is 6.43 Å². The first-order valence-electron chi connectivity index (χ1n) is 8.12. The molecule has 1 saturated carbocycles. The van der Waals surface area contributed by atoms with Gasteiger partial charge in [0.15, 0.2) is 0 Å². The molecular weight excluding hydrogens is 316 g/mol. The number of carbonyl (C=O) groups excluding carboxylic acids is 1. The van der Waals surface area contributed by atoms with Crippen molar-refractivity contribution in [3.63, 3.8) is 0 Å². The zero-order chi connectivity index (χ0) is 17.7. The maximum atomic E-state index is 12.3. The van der Waals surface area contributed by atoms with Crippen LogP contribution in [0.2, 0.25) is 0 Å². The second-order valence-electron chi connectivity index (χ2n) is 6.91. The van der Waals surface area contributed by atoms with Gasteiger partial charge in [-0.2, -0.15) is 0 Å². The molecule has 134 valence electrons. The molecule has 0 atom stereocenters. The van der Waals surface area contributed by atoms with Crippen LogP contribution in [-0.4, -0.2) is 38.7 Å². The molecule has 0 aromatic heterocycles. The second-order valence-corrected chi connectivity index (χ2v) is 6.91. The van der Waals surface area contributed by atoms with Crippen molar-refractivity contribution < 1.29 is 23.0 Å². The number of carbonyl (C=O) groups is 1. The number of hydrogen-bond donors (Lipinski definition) is 1. The lowest BCUT2D eigenvalue weighted by molar-refractivity contribution is -0.135. The Hall–Kier alpha value is -1.69. The summed E-state index contributed by atoms with van der Waals surface area (Å²) >= 11 is 0. The lowest BCUT2D eigenvalue weighted by Gasteiger charge is -2.38. The van der Waals surface area contributed by atoms with E-state index in [4.69, 9.17) is 9.47 Å². The Morgan fingerprint density at radius 2 is 2.08 bits per heavy atom. The summed E-state index contributed by atoms with van der Waals surface area (Å²) in [6.07, 6.45) is -0.779. The van der Waals surface area contributed by atoms with Crippen molar-refractivity contribution in [3.05, 3.63) is 29.8 Å². The van der Waals surface area contributed by atoms with E-state index in [0.29, 0.717) is 5.92 Å². The first-order valence-corrected chi connectivity index (χ1v) is 8.12. The van der Waals surface area contributed by atoms with Gasteiger partial charge in [-0.15, -0.1) is 0 Å². The number of hydrogen-bond acceptors (Lipinski definition) is 3. The molecule has 0 radical (unpaired) electrons. The summed E-state index contributed by atoms with van der Waals surface area (Å²) in [5.74, 6) is 1.08. The highest BCUT2D eigenvalue weighted by atomic mass is 19.3. The molecule has 1 aromatic carbocycles. The quantitative estimate of drug-likeness (QED) is 0.789. The Kier molecular flexibility index (Phi) is 6.15. The SMILES string of the molecule is COc1cccc(C2CC(NC(=O)C(C)(C)COCC(F)F)C2)c1. The maximum absolute atomic E-state index is 12.3. The van der Waals surface area contributed by atoms with Gasteiger partial charge in [-0.25, -0.2) is 8.78 Å². The van der Waals surface area contributed by atoms with Crippen LogP contribution >= 0.6 is 0 Å². The number of rotatable bonds is 8. The lowest BCUT2D eigenvalue weighted by Crippen LogP contribution is -2.49. The summed E-state index contributed by atoms with van der Waals surface area (Å²) in [7, 11) is 1.64. The molecule has 6 heteroatoms. The van der Waals surface area contributed by atoms with Gasteiger partial charge in [-0.1, -0.05) is 12.1 Å². The zero-order valence-electron chi connectivity index (χ0n) is 14.4. The normalized spacial score (nSPS) is 20.6. The highest BCUT2D eigenvalue weighted by Gasteiger charge is 2.36. The number of halogens is 2. The fourth-order valence-electron chi connectivity index (χ4n) is 2.75. The topological polar surface area (TPSA) is 47.6 Å². The van der Waals surface area contributed by atoms with E-state index >= 15 is 0 Å². The Morgan fingerprint density at radius 3 is 2.71 bits per heavy atom. The predicted molar refractivity (Wildman–Crippen MR) is 87.5 cm³/mol. The van der Waals surface area contributed by atoms with E-state index in [1.54, 1.807) is 21.0 Å². The van der Waals surface area contributed by atoms with Gasteiger partial charge < -0.3 is 14.8 Å². The molecule has 0 heterocycles. The van der Waals surface area contributed by atoms with Crippen LogP contribution in [-0.2, 0) is 9.53 Å². The molecule has 0 bridgehead atoms. The summed E-state index contributed by atoms with van der Waals surface area (Å²) in [4.78, 5) is 12.3. The van der Waals surface area contributed by atoms with E-state index in [1.807, 2.05) is 18.2 Å². The van der Waals surface area contributed by atoms with E-state index in [1.165, 1.54) is 5.56 Å². The summed E-state index contributed by atoms with van der Waals surface area (Å²) in [6.45, 7) is 2.74. The fraction of sp³-hybridized carbons (Fsp3) is 0.611. The third-order valence-corrected chi connectivity index (χ3v) is 4.36. The van der Waals surface area contributed by atoms with E-state index < -0.39 is 18.4 Å². The van der Waals surface area contributed by atoms with Gasteiger partial charge in [0.05, 0.1) is 19.1 Å². The molecule has 1 fully saturated rings. The van der Waals surface area contributed by atoms with Crippen molar-refractivity contribution in [1.82, 2.24) is 5.32 Å². The van der Waals surface area contributed by atoms with Crippen LogP contribution in [0, 0.1) is 5.41 Å². The highest BCUT2D eigenvalue weighted by Crippen LogP contribution is 2.38. The Labute approximate surface area is 141 Å². The molecule has 1 amide bonds. The summed E-state index contributed by atoms with van der Waals surface area (Å²) in [5, 5.41) is 2.99. The van der Waals surface area contributed by atoms with Crippen molar-refractivity contribution in [2.45, 2.75) is 45.1 Å². The minimum atomic E-state index is -2.51. The second kappa shape index (κ2) is 7.92. The van der Waals surface area contributed by atoms with E-state index in [9.17, 15) is 13.6 Å². The molecule has 1 aliphatic rings. The molecule has 1 aromatic rings. The summed E-state index contributed by atoms with van der Waals surface area (Å²) in [6, 6.07) is 8.06.